The van der Waals surface area contributed by atoms with Gasteiger partial charge in [-0.25, -0.2) is 4.79 Å². The van der Waals surface area contributed by atoms with E-state index in [0.29, 0.717) is 5.56 Å². The van der Waals surface area contributed by atoms with Crippen LogP contribution in [0.2, 0.25) is 0 Å². The van der Waals surface area contributed by atoms with Crippen LogP contribution in [0, 0.1) is 6.92 Å². The summed E-state index contributed by atoms with van der Waals surface area (Å²) in [6.07, 6.45) is 0. The van der Waals surface area contributed by atoms with Crippen molar-refractivity contribution < 1.29 is 14.6 Å². The number of hydrogen-bond donors (Lipinski definition) is 1. The van der Waals surface area contributed by atoms with Crippen LogP contribution in [0.25, 0.3) is 0 Å². The summed E-state index contributed by atoms with van der Waals surface area (Å²) in [5.74, 6) is -0.402. The first-order valence-corrected chi connectivity index (χ1v) is 4.87. The molecule has 76 valence electrons. The van der Waals surface area contributed by atoms with Crippen molar-refractivity contribution in [1.82, 2.24) is 0 Å². The van der Waals surface area contributed by atoms with E-state index in [1.165, 1.54) is 7.11 Å². The van der Waals surface area contributed by atoms with E-state index in [9.17, 15) is 4.79 Å². The van der Waals surface area contributed by atoms with Crippen LogP contribution in [0.3, 0.4) is 0 Å². The van der Waals surface area contributed by atoms with Crippen molar-refractivity contribution >= 4 is 21.9 Å². The maximum absolute atomic E-state index is 11.2. The molecule has 0 atom stereocenters. The number of ether oxygens (including phenoxy) is 1. The normalized spacial score (nSPS) is 10.0. The predicted molar refractivity (Wildman–Crippen MR) is 56.1 cm³/mol. The number of methoxy groups -OCH3 is 1. The molecule has 1 aromatic rings. The fraction of sp³-hybridized carbons (Fsp3) is 0.300. The summed E-state index contributed by atoms with van der Waals surface area (Å²) in [5.41, 5.74) is 2.09. The van der Waals surface area contributed by atoms with Gasteiger partial charge in [-0.05, 0) is 30.2 Å². The van der Waals surface area contributed by atoms with E-state index >= 15 is 0 Å². The van der Waals surface area contributed by atoms with Gasteiger partial charge in [0.1, 0.15) is 0 Å². The molecule has 0 spiro atoms. The number of rotatable bonds is 2. The van der Waals surface area contributed by atoms with Crippen LogP contribution in [-0.4, -0.2) is 18.2 Å². The van der Waals surface area contributed by atoms with Gasteiger partial charge < -0.3 is 9.84 Å². The average molecular weight is 259 g/mol. The molecule has 0 aliphatic heterocycles. The summed E-state index contributed by atoms with van der Waals surface area (Å²) in [6.45, 7) is 1.78. The Morgan fingerprint density at radius 3 is 2.71 bits per heavy atom. The molecular weight excluding hydrogens is 248 g/mol. The molecule has 1 aromatic carbocycles. The lowest BCUT2D eigenvalue weighted by atomic mass is 10.1. The van der Waals surface area contributed by atoms with Crippen LogP contribution in [0.4, 0.5) is 0 Å². The zero-order chi connectivity index (χ0) is 10.7. The number of hydrogen-bond acceptors (Lipinski definition) is 3. The van der Waals surface area contributed by atoms with E-state index in [2.05, 4.69) is 20.7 Å². The molecule has 1 rings (SSSR count). The molecule has 0 aliphatic carbocycles. The largest absolute Gasteiger partial charge is 0.465 e. The van der Waals surface area contributed by atoms with E-state index in [-0.39, 0.29) is 6.61 Å². The molecule has 0 unspecified atom stereocenters. The smallest absolute Gasteiger partial charge is 0.337 e. The minimum atomic E-state index is -0.402. The summed E-state index contributed by atoms with van der Waals surface area (Å²) in [4.78, 5) is 11.2. The van der Waals surface area contributed by atoms with Crippen molar-refractivity contribution in [3.05, 3.63) is 33.3 Å². The molecule has 0 saturated carbocycles. The molecular formula is C10H11BrO3. The molecule has 0 saturated heterocycles. The van der Waals surface area contributed by atoms with Gasteiger partial charge in [0, 0.05) is 4.47 Å². The van der Waals surface area contributed by atoms with Crippen molar-refractivity contribution in [2.24, 2.45) is 0 Å². The Bertz CT molecular complexity index is 361. The van der Waals surface area contributed by atoms with Gasteiger partial charge in [-0.15, -0.1) is 0 Å². The van der Waals surface area contributed by atoms with Gasteiger partial charge in [-0.1, -0.05) is 15.9 Å². The summed E-state index contributed by atoms with van der Waals surface area (Å²) in [6, 6.07) is 3.31. The highest BCUT2D eigenvalue weighted by atomic mass is 79.9. The van der Waals surface area contributed by atoms with Gasteiger partial charge in [0.15, 0.2) is 0 Å². The lowest BCUT2D eigenvalue weighted by Gasteiger charge is -2.07. The van der Waals surface area contributed by atoms with E-state index < -0.39 is 5.97 Å². The molecule has 1 N–H and O–H groups in total. The SMILES string of the molecule is COC(=O)c1cc(Br)c(C)c(CO)c1. The van der Waals surface area contributed by atoms with Crippen LogP contribution >= 0.6 is 15.9 Å². The zero-order valence-corrected chi connectivity index (χ0v) is 9.59. The highest BCUT2D eigenvalue weighted by Crippen LogP contribution is 2.22. The maximum Gasteiger partial charge on any atom is 0.337 e. The Morgan fingerprint density at radius 2 is 2.21 bits per heavy atom. The zero-order valence-electron chi connectivity index (χ0n) is 8.00. The maximum atomic E-state index is 11.2. The molecule has 3 nitrogen and oxygen atoms in total. The first kappa shape index (κ1) is 11.2. The number of aliphatic hydroxyl groups is 1. The lowest BCUT2D eigenvalue weighted by Crippen LogP contribution is -2.03. The molecule has 4 heteroatoms. The summed E-state index contributed by atoms with van der Waals surface area (Å²) in [5, 5.41) is 9.05. The highest BCUT2D eigenvalue weighted by Gasteiger charge is 2.10. The Labute approximate surface area is 90.8 Å². The van der Waals surface area contributed by atoms with Crippen molar-refractivity contribution in [3.63, 3.8) is 0 Å². The Balaban J connectivity index is 3.22. The Morgan fingerprint density at radius 1 is 1.57 bits per heavy atom. The molecule has 0 heterocycles. The van der Waals surface area contributed by atoms with Crippen molar-refractivity contribution in [2.75, 3.05) is 7.11 Å². The third-order valence-corrected chi connectivity index (χ3v) is 2.87. The number of carbonyl (C=O) groups is 1. The third kappa shape index (κ3) is 2.13. The van der Waals surface area contributed by atoms with Crippen LogP contribution in [0.15, 0.2) is 16.6 Å². The van der Waals surface area contributed by atoms with Gasteiger partial charge in [-0.2, -0.15) is 0 Å². The highest BCUT2D eigenvalue weighted by molar-refractivity contribution is 9.10. The summed E-state index contributed by atoms with van der Waals surface area (Å²) in [7, 11) is 1.33. The number of carbonyl (C=O) groups excluding carboxylic acids is 1. The second-order valence-electron chi connectivity index (χ2n) is 2.89. The van der Waals surface area contributed by atoms with Crippen molar-refractivity contribution in [3.8, 4) is 0 Å². The second kappa shape index (κ2) is 4.57. The van der Waals surface area contributed by atoms with Gasteiger partial charge in [0.2, 0.25) is 0 Å². The third-order valence-electron chi connectivity index (χ3n) is 2.04. The van der Waals surface area contributed by atoms with E-state index in [1.807, 2.05) is 6.92 Å². The molecule has 0 bridgehead atoms. The van der Waals surface area contributed by atoms with Crippen molar-refractivity contribution in [2.45, 2.75) is 13.5 Å². The number of halogens is 1. The summed E-state index contributed by atoms with van der Waals surface area (Å²) < 4.78 is 5.39. The van der Waals surface area contributed by atoms with Gasteiger partial charge in [0.25, 0.3) is 0 Å². The molecule has 14 heavy (non-hydrogen) atoms. The molecule has 0 radical (unpaired) electrons. The predicted octanol–water partition coefficient (Wildman–Crippen LogP) is 2.04. The molecule has 0 fully saturated rings. The van der Waals surface area contributed by atoms with Gasteiger partial charge >= 0.3 is 5.97 Å². The monoisotopic (exact) mass is 258 g/mol. The fourth-order valence-corrected chi connectivity index (χ4v) is 1.64. The Hall–Kier alpha value is -0.870. The summed E-state index contributed by atoms with van der Waals surface area (Å²) >= 11 is 3.32. The van der Waals surface area contributed by atoms with Crippen LogP contribution in [-0.2, 0) is 11.3 Å². The van der Waals surface area contributed by atoms with Gasteiger partial charge in [-0.3, -0.25) is 0 Å². The first-order valence-electron chi connectivity index (χ1n) is 4.08. The topological polar surface area (TPSA) is 46.5 Å². The van der Waals surface area contributed by atoms with Crippen LogP contribution < -0.4 is 0 Å². The molecule has 0 aliphatic rings. The Kier molecular flexibility index (Phi) is 3.66. The number of aliphatic hydroxyl groups excluding tert-OH is 1. The van der Waals surface area contributed by atoms with Crippen molar-refractivity contribution in [1.29, 1.82) is 0 Å². The van der Waals surface area contributed by atoms with Crippen LogP contribution in [0.5, 0.6) is 0 Å². The van der Waals surface area contributed by atoms with E-state index in [0.717, 1.165) is 15.6 Å². The van der Waals surface area contributed by atoms with E-state index in [1.54, 1.807) is 12.1 Å². The lowest BCUT2D eigenvalue weighted by molar-refractivity contribution is 0.0600. The quantitative estimate of drug-likeness (QED) is 0.826. The van der Waals surface area contributed by atoms with E-state index in [4.69, 9.17) is 5.11 Å². The standard InChI is InChI=1S/C10H11BrO3/c1-6-8(5-12)3-7(4-9(6)11)10(13)14-2/h3-4,12H,5H2,1-2H3. The minimum Gasteiger partial charge on any atom is -0.465 e. The average Bonchev–Trinajstić information content (AvgIpc) is 2.20. The molecule has 0 aromatic heterocycles. The molecule has 0 amide bonds. The van der Waals surface area contributed by atoms with Gasteiger partial charge in [0.05, 0.1) is 19.3 Å². The van der Waals surface area contributed by atoms with Crippen LogP contribution in [0.1, 0.15) is 21.5 Å². The number of benzene rings is 1. The number of esters is 1. The second-order valence-corrected chi connectivity index (χ2v) is 3.75. The fourth-order valence-electron chi connectivity index (χ4n) is 1.14. The minimum absolute atomic E-state index is 0.0880. The first-order chi connectivity index (χ1) is 6.60.